The Morgan fingerprint density at radius 2 is 2.29 bits per heavy atom. The van der Waals surface area contributed by atoms with Gasteiger partial charge in [0, 0.05) is 46.1 Å². The Balaban J connectivity index is 1.94. The number of aryl methyl sites for hydroxylation is 1. The number of nitrogens with one attached hydrogen (secondary N) is 1. The number of likely N-dealkylation sites (tertiary alicyclic amines) is 1. The maximum atomic E-state index is 4.48. The van der Waals surface area contributed by atoms with E-state index in [4.69, 9.17) is 0 Å². The van der Waals surface area contributed by atoms with Crippen LogP contribution in [0.3, 0.4) is 0 Å². The summed E-state index contributed by atoms with van der Waals surface area (Å²) < 4.78 is 2.08. The highest BCUT2D eigenvalue weighted by Crippen LogP contribution is 2.33. The van der Waals surface area contributed by atoms with Crippen LogP contribution in [0.15, 0.2) is 23.5 Å². The number of aliphatic imine (C=N–C) groups is 1. The minimum Gasteiger partial charge on any atom is -0.357 e. The monoisotopic (exact) mass is 290 g/mol. The van der Waals surface area contributed by atoms with Crippen LogP contribution in [-0.4, -0.2) is 35.6 Å². The van der Waals surface area contributed by atoms with Crippen LogP contribution < -0.4 is 5.32 Å². The zero-order chi connectivity index (χ0) is 15.3. The third-order valence-electron chi connectivity index (χ3n) is 4.49. The third kappa shape index (κ3) is 4.26. The number of hydrogen-bond donors (Lipinski definition) is 1. The smallest absolute Gasteiger partial charge is 0.193 e. The van der Waals surface area contributed by atoms with E-state index in [2.05, 4.69) is 59.1 Å². The quantitative estimate of drug-likeness (QED) is 0.683. The van der Waals surface area contributed by atoms with E-state index >= 15 is 0 Å². The van der Waals surface area contributed by atoms with Crippen molar-refractivity contribution in [2.24, 2.45) is 17.5 Å². The van der Waals surface area contributed by atoms with Gasteiger partial charge in [-0.15, -0.1) is 0 Å². The number of aromatic nitrogens is 1. The van der Waals surface area contributed by atoms with Gasteiger partial charge in [-0.3, -0.25) is 4.99 Å². The summed E-state index contributed by atoms with van der Waals surface area (Å²) in [7, 11) is 3.94. The molecular weight excluding hydrogens is 260 g/mol. The van der Waals surface area contributed by atoms with Crippen molar-refractivity contribution in [3.8, 4) is 0 Å². The Labute approximate surface area is 129 Å². The Bertz CT molecular complexity index is 473. The molecule has 2 heterocycles. The predicted octanol–water partition coefficient (Wildman–Crippen LogP) is 3.00. The summed E-state index contributed by atoms with van der Waals surface area (Å²) in [4.78, 5) is 6.92. The molecule has 0 aliphatic carbocycles. The van der Waals surface area contributed by atoms with Crippen molar-refractivity contribution in [1.82, 2.24) is 14.8 Å². The van der Waals surface area contributed by atoms with Gasteiger partial charge in [-0.1, -0.05) is 20.3 Å². The molecule has 1 aromatic heterocycles. The summed E-state index contributed by atoms with van der Waals surface area (Å²) in [6.07, 6.45) is 9.41. The normalized spacial score (nSPS) is 23.4. The topological polar surface area (TPSA) is 32.6 Å². The number of nitrogens with zero attached hydrogens (tertiary/aromatic N) is 3. The average molecular weight is 290 g/mol. The van der Waals surface area contributed by atoms with Crippen molar-refractivity contribution in [2.75, 3.05) is 20.1 Å². The maximum absolute atomic E-state index is 4.48. The van der Waals surface area contributed by atoms with E-state index in [9.17, 15) is 0 Å². The molecule has 0 radical (unpaired) electrons. The summed E-state index contributed by atoms with van der Waals surface area (Å²) in [5.41, 5.74) is 1.74. The van der Waals surface area contributed by atoms with Gasteiger partial charge in [0.15, 0.2) is 5.96 Å². The zero-order valence-electron chi connectivity index (χ0n) is 14.0. The molecule has 118 valence electrons. The molecule has 0 aromatic carbocycles. The van der Waals surface area contributed by atoms with E-state index in [0.717, 1.165) is 25.6 Å². The molecule has 4 nitrogen and oxygen atoms in total. The van der Waals surface area contributed by atoms with Gasteiger partial charge in [0.25, 0.3) is 0 Å². The SMILES string of the molecule is CCCC1(C)CCCN(C(=NC)NCc2ccn(C)c2)C1. The summed E-state index contributed by atoms with van der Waals surface area (Å²) in [5, 5.41) is 3.51. The van der Waals surface area contributed by atoms with Crippen molar-refractivity contribution in [3.63, 3.8) is 0 Å². The lowest BCUT2D eigenvalue weighted by molar-refractivity contribution is 0.142. The number of rotatable bonds is 4. The number of guanidine groups is 1. The summed E-state index contributed by atoms with van der Waals surface area (Å²) >= 11 is 0. The summed E-state index contributed by atoms with van der Waals surface area (Å²) in [6.45, 7) is 7.79. The molecule has 1 aliphatic heterocycles. The highest BCUT2D eigenvalue weighted by atomic mass is 15.3. The van der Waals surface area contributed by atoms with E-state index < -0.39 is 0 Å². The van der Waals surface area contributed by atoms with Crippen LogP contribution in [0.1, 0.15) is 45.1 Å². The lowest BCUT2D eigenvalue weighted by Crippen LogP contribution is -2.49. The van der Waals surface area contributed by atoms with E-state index in [1.54, 1.807) is 0 Å². The fourth-order valence-electron chi connectivity index (χ4n) is 3.48. The molecule has 1 atom stereocenters. The summed E-state index contributed by atoms with van der Waals surface area (Å²) in [5.74, 6) is 1.04. The molecule has 1 aromatic rings. The molecule has 0 spiro atoms. The molecule has 2 rings (SSSR count). The van der Waals surface area contributed by atoms with Crippen LogP contribution in [-0.2, 0) is 13.6 Å². The van der Waals surface area contributed by atoms with Crippen molar-refractivity contribution in [3.05, 3.63) is 24.0 Å². The predicted molar refractivity (Wildman–Crippen MR) is 89.4 cm³/mol. The lowest BCUT2D eigenvalue weighted by atomic mass is 9.78. The molecule has 1 unspecified atom stereocenters. The Morgan fingerprint density at radius 3 is 2.90 bits per heavy atom. The average Bonchev–Trinajstić information content (AvgIpc) is 2.85. The molecular formula is C17H30N4. The molecule has 1 N–H and O–H groups in total. The molecule has 4 heteroatoms. The Morgan fingerprint density at radius 1 is 1.48 bits per heavy atom. The maximum Gasteiger partial charge on any atom is 0.193 e. The molecule has 0 bridgehead atoms. The first-order chi connectivity index (χ1) is 10.1. The first-order valence-corrected chi connectivity index (χ1v) is 8.13. The standard InChI is InChI=1S/C17H30N4/c1-5-8-17(2)9-6-10-21(14-17)16(18-3)19-12-15-7-11-20(4)13-15/h7,11,13H,5-6,8-10,12,14H2,1-4H3,(H,18,19). The van der Waals surface area contributed by atoms with Crippen molar-refractivity contribution in [2.45, 2.75) is 46.1 Å². The minimum absolute atomic E-state index is 0.442. The van der Waals surface area contributed by atoms with Crippen LogP contribution in [0.25, 0.3) is 0 Å². The van der Waals surface area contributed by atoms with Crippen LogP contribution in [0.4, 0.5) is 0 Å². The highest BCUT2D eigenvalue weighted by molar-refractivity contribution is 5.80. The van der Waals surface area contributed by atoms with Crippen LogP contribution in [0, 0.1) is 5.41 Å². The van der Waals surface area contributed by atoms with Gasteiger partial charge < -0.3 is 14.8 Å². The largest absolute Gasteiger partial charge is 0.357 e. The van der Waals surface area contributed by atoms with Crippen LogP contribution in [0.2, 0.25) is 0 Å². The van der Waals surface area contributed by atoms with Gasteiger partial charge in [0.1, 0.15) is 0 Å². The van der Waals surface area contributed by atoms with Gasteiger partial charge in [0.2, 0.25) is 0 Å². The fraction of sp³-hybridized carbons (Fsp3) is 0.706. The molecule has 0 saturated carbocycles. The van der Waals surface area contributed by atoms with Crippen molar-refractivity contribution in [1.29, 1.82) is 0 Å². The first-order valence-electron chi connectivity index (χ1n) is 8.13. The summed E-state index contributed by atoms with van der Waals surface area (Å²) in [6, 6.07) is 2.15. The van der Waals surface area contributed by atoms with E-state index in [1.807, 2.05) is 7.05 Å². The lowest BCUT2D eigenvalue weighted by Gasteiger charge is -2.42. The van der Waals surface area contributed by atoms with Crippen LogP contribution >= 0.6 is 0 Å². The van der Waals surface area contributed by atoms with Crippen LogP contribution in [0.5, 0.6) is 0 Å². The van der Waals surface area contributed by atoms with Gasteiger partial charge in [-0.2, -0.15) is 0 Å². The molecule has 1 saturated heterocycles. The fourth-order valence-corrected chi connectivity index (χ4v) is 3.48. The second-order valence-electron chi connectivity index (χ2n) is 6.67. The van der Waals surface area contributed by atoms with E-state index in [0.29, 0.717) is 5.41 Å². The second-order valence-corrected chi connectivity index (χ2v) is 6.67. The zero-order valence-corrected chi connectivity index (χ0v) is 14.0. The Hall–Kier alpha value is -1.45. The van der Waals surface area contributed by atoms with Gasteiger partial charge >= 0.3 is 0 Å². The molecule has 0 amide bonds. The molecule has 21 heavy (non-hydrogen) atoms. The third-order valence-corrected chi connectivity index (χ3v) is 4.49. The van der Waals surface area contributed by atoms with Crippen molar-refractivity contribution >= 4 is 5.96 Å². The second kappa shape index (κ2) is 7.01. The molecule has 1 aliphatic rings. The first kappa shape index (κ1) is 15.9. The van der Waals surface area contributed by atoms with Gasteiger partial charge in [-0.25, -0.2) is 0 Å². The van der Waals surface area contributed by atoms with E-state index in [-0.39, 0.29) is 0 Å². The number of hydrogen-bond acceptors (Lipinski definition) is 1. The Kier molecular flexibility index (Phi) is 5.32. The van der Waals surface area contributed by atoms with Gasteiger partial charge in [-0.05, 0) is 36.3 Å². The molecule has 1 fully saturated rings. The van der Waals surface area contributed by atoms with Crippen molar-refractivity contribution < 1.29 is 0 Å². The van der Waals surface area contributed by atoms with Gasteiger partial charge in [0.05, 0.1) is 0 Å². The highest BCUT2D eigenvalue weighted by Gasteiger charge is 2.31. The minimum atomic E-state index is 0.442. The van der Waals surface area contributed by atoms with E-state index in [1.165, 1.54) is 31.2 Å². The number of piperidine rings is 1.